The Morgan fingerprint density at radius 1 is 1.12 bits per heavy atom. The van der Waals surface area contributed by atoms with Crippen LogP contribution in [0.25, 0.3) is 0 Å². The first-order valence-electron chi connectivity index (χ1n) is 11.3. The van der Waals surface area contributed by atoms with Crippen LogP contribution in [0.3, 0.4) is 0 Å². The number of aliphatic imine (C=N–C) groups is 1. The second kappa shape index (κ2) is 11.9. The molecule has 0 atom stereocenters. The Bertz CT molecular complexity index is 959. The number of rotatable bonds is 8. The first kappa shape index (κ1) is 24.8. The van der Waals surface area contributed by atoms with E-state index in [1.54, 1.807) is 31.3 Å². The molecular weight excluding hydrogens is 440 g/mol. The molecule has 1 saturated heterocycles. The van der Waals surface area contributed by atoms with Crippen LogP contribution in [0.4, 0.5) is 11.5 Å². The highest BCUT2D eigenvalue weighted by molar-refractivity contribution is 6.00. The van der Waals surface area contributed by atoms with Gasteiger partial charge >= 0.3 is 0 Å². The van der Waals surface area contributed by atoms with Gasteiger partial charge in [0.15, 0.2) is 0 Å². The van der Waals surface area contributed by atoms with E-state index in [0.29, 0.717) is 18.0 Å². The van der Waals surface area contributed by atoms with Gasteiger partial charge in [0, 0.05) is 58.7 Å². The summed E-state index contributed by atoms with van der Waals surface area (Å²) in [7, 11) is 3.51. The molecule has 0 radical (unpaired) electrons. The summed E-state index contributed by atoms with van der Waals surface area (Å²) >= 11 is 0. The van der Waals surface area contributed by atoms with Gasteiger partial charge in [-0.3, -0.25) is 9.69 Å². The fourth-order valence-corrected chi connectivity index (χ4v) is 4.11. The number of pyridine rings is 1. The average molecular weight is 473 g/mol. The minimum absolute atomic E-state index is 0. The normalized spacial score (nSPS) is 15.9. The summed E-state index contributed by atoms with van der Waals surface area (Å²) in [5.74, 6) is 1.39. The van der Waals surface area contributed by atoms with Crippen LogP contribution in [0.15, 0.2) is 47.6 Å². The van der Waals surface area contributed by atoms with E-state index < -0.39 is 0 Å². The van der Waals surface area contributed by atoms with Gasteiger partial charge in [0.25, 0.3) is 5.91 Å². The monoisotopic (exact) mass is 472 g/mol. The number of ether oxygens (including phenoxy) is 1. The van der Waals surface area contributed by atoms with Crippen molar-refractivity contribution in [2.45, 2.75) is 6.42 Å². The first-order chi connectivity index (χ1) is 15.6. The zero-order valence-electron chi connectivity index (χ0n) is 19.4. The standard InChI is InChI=1S/C24H32N6O2.ClH/c1-28(2)24(31)20-8-5-10-25-22(20)26-11-6-13-29-14-16-30(17-15-29)21-9-4-3-7-19(21)23-27-12-18-32-23;/h3-5,7-10H,6,11-18H2,1-2H3,(H,25,26);1H. The highest BCUT2D eigenvalue weighted by atomic mass is 35.5. The molecule has 1 N–H and O–H groups in total. The van der Waals surface area contributed by atoms with E-state index in [-0.39, 0.29) is 18.3 Å². The van der Waals surface area contributed by atoms with Crippen LogP contribution in [0.1, 0.15) is 22.3 Å². The molecular formula is C24H33ClN6O2. The number of halogens is 1. The number of benzene rings is 1. The number of carbonyl (C=O) groups excluding carboxylic acids is 1. The van der Waals surface area contributed by atoms with Crippen molar-refractivity contribution in [2.24, 2.45) is 4.99 Å². The maximum absolute atomic E-state index is 12.3. The van der Waals surface area contributed by atoms with Crippen molar-refractivity contribution in [1.82, 2.24) is 14.8 Å². The zero-order valence-corrected chi connectivity index (χ0v) is 20.2. The SMILES string of the molecule is CN(C)C(=O)c1cccnc1NCCCN1CCN(c2ccccc2C2=NCCO2)CC1.Cl. The molecule has 1 fully saturated rings. The number of anilines is 2. The molecule has 4 rings (SSSR count). The molecule has 0 unspecified atom stereocenters. The lowest BCUT2D eigenvalue weighted by Gasteiger charge is -2.37. The van der Waals surface area contributed by atoms with Crippen molar-refractivity contribution in [2.75, 3.05) is 76.7 Å². The van der Waals surface area contributed by atoms with Crippen molar-refractivity contribution >= 4 is 35.7 Å². The summed E-state index contributed by atoms with van der Waals surface area (Å²) in [5.41, 5.74) is 2.92. The van der Waals surface area contributed by atoms with Crippen LogP contribution >= 0.6 is 12.4 Å². The average Bonchev–Trinajstić information content (AvgIpc) is 3.37. The first-order valence-corrected chi connectivity index (χ1v) is 11.3. The van der Waals surface area contributed by atoms with Crippen molar-refractivity contribution in [3.8, 4) is 0 Å². The molecule has 2 aromatic rings. The van der Waals surface area contributed by atoms with Gasteiger partial charge in [-0.2, -0.15) is 0 Å². The molecule has 1 amide bonds. The number of nitrogens with one attached hydrogen (secondary N) is 1. The predicted molar refractivity (Wildman–Crippen MR) is 135 cm³/mol. The molecule has 178 valence electrons. The van der Waals surface area contributed by atoms with Crippen LogP contribution in [0, 0.1) is 0 Å². The minimum Gasteiger partial charge on any atom is -0.475 e. The second-order valence-electron chi connectivity index (χ2n) is 8.26. The Labute approximate surface area is 202 Å². The van der Waals surface area contributed by atoms with Crippen molar-refractivity contribution < 1.29 is 9.53 Å². The number of amides is 1. The summed E-state index contributed by atoms with van der Waals surface area (Å²) < 4.78 is 5.71. The van der Waals surface area contributed by atoms with Gasteiger partial charge in [-0.05, 0) is 37.2 Å². The second-order valence-corrected chi connectivity index (χ2v) is 8.26. The Hall–Kier alpha value is -2.84. The number of nitrogens with zero attached hydrogens (tertiary/aromatic N) is 5. The van der Waals surface area contributed by atoms with E-state index in [4.69, 9.17) is 4.74 Å². The predicted octanol–water partition coefficient (Wildman–Crippen LogP) is 2.61. The molecule has 2 aliphatic heterocycles. The van der Waals surface area contributed by atoms with Gasteiger partial charge in [-0.1, -0.05) is 12.1 Å². The summed E-state index contributed by atoms with van der Waals surface area (Å²) in [5, 5.41) is 3.34. The molecule has 1 aromatic carbocycles. The Morgan fingerprint density at radius 2 is 1.91 bits per heavy atom. The molecule has 2 aliphatic rings. The topological polar surface area (TPSA) is 73.3 Å². The zero-order chi connectivity index (χ0) is 22.3. The lowest BCUT2D eigenvalue weighted by atomic mass is 10.1. The number of carbonyl (C=O) groups is 1. The molecule has 8 nitrogen and oxygen atoms in total. The fraction of sp³-hybridized carbons (Fsp3) is 0.458. The van der Waals surface area contributed by atoms with Crippen LogP contribution in [0.2, 0.25) is 0 Å². The van der Waals surface area contributed by atoms with Crippen LogP contribution in [0.5, 0.6) is 0 Å². The maximum atomic E-state index is 12.3. The van der Waals surface area contributed by atoms with Gasteiger partial charge in [-0.25, -0.2) is 9.98 Å². The molecule has 3 heterocycles. The number of hydrogen-bond donors (Lipinski definition) is 1. The van der Waals surface area contributed by atoms with Gasteiger partial charge in [0.1, 0.15) is 12.4 Å². The number of hydrogen-bond acceptors (Lipinski definition) is 7. The molecule has 1 aromatic heterocycles. The fourth-order valence-electron chi connectivity index (χ4n) is 4.11. The summed E-state index contributed by atoms with van der Waals surface area (Å²) in [6.07, 6.45) is 2.71. The molecule has 0 bridgehead atoms. The van der Waals surface area contributed by atoms with E-state index in [1.165, 1.54) is 5.69 Å². The van der Waals surface area contributed by atoms with Crippen LogP contribution in [-0.4, -0.2) is 93.1 Å². The smallest absolute Gasteiger partial charge is 0.257 e. The van der Waals surface area contributed by atoms with Crippen LogP contribution in [-0.2, 0) is 4.74 Å². The van der Waals surface area contributed by atoms with Crippen LogP contribution < -0.4 is 10.2 Å². The van der Waals surface area contributed by atoms with Gasteiger partial charge in [0.2, 0.25) is 5.90 Å². The molecule has 9 heteroatoms. The highest BCUT2D eigenvalue weighted by Crippen LogP contribution is 2.24. The number of piperazine rings is 1. The van der Waals surface area contributed by atoms with E-state index in [9.17, 15) is 4.79 Å². The third-order valence-corrected chi connectivity index (χ3v) is 5.82. The molecule has 0 aliphatic carbocycles. The largest absolute Gasteiger partial charge is 0.475 e. The van der Waals surface area contributed by atoms with Crippen molar-refractivity contribution in [3.05, 3.63) is 53.7 Å². The quantitative estimate of drug-likeness (QED) is 0.595. The molecule has 33 heavy (non-hydrogen) atoms. The maximum Gasteiger partial charge on any atom is 0.257 e. The third kappa shape index (κ3) is 6.15. The Kier molecular flexibility index (Phi) is 8.91. The summed E-state index contributed by atoms with van der Waals surface area (Å²) in [6.45, 7) is 7.24. The van der Waals surface area contributed by atoms with E-state index in [1.807, 2.05) is 12.1 Å². The highest BCUT2D eigenvalue weighted by Gasteiger charge is 2.22. The van der Waals surface area contributed by atoms with E-state index in [2.05, 4.69) is 43.3 Å². The molecule has 0 saturated carbocycles. The third-order valence-electron chi connectivity index (χ3n) is 5.82. The van der Waals surface area contributed by atoms with Crippen molar-refractivity contribution in [1.29, 1.82) is 0 Å². The summed E-state index contributed by atoms with van der Waals surface area (Å²) in [4.78, 5) is 27.7. The van der Waals surface area contributed by atoms with Gasteiger partial charge in [-0.15, -0.1) is 12.4 Å². The Morgan fingerprint density at radius 3 is 2.64 bits per heavy atom. The minimum atomic E-state index is -0.0361. The molecule has 0 spiro atoms. The Balaban J connectivity index is 0.00000306. The lowest BCUT2D eigenvalue weighted by Crippen LogP contribution is -2.47. The van der Waals surface area contributed by atoms with E-state index in [0.717, 1.165) is 63.7 Å². The lowest BCUT2D eigenvalue weighted by molar-refractivity contribution is 0.0828. The van der Waals surface area contributed by atoms with Gasteiger partial charge in [0.05, 0.1) is 17.7 Å². The van der Waals surface area contributed by atoms with E-state index >= 15 is 0 Å². The number of aromatic nitrogens is 1. The van der Waals surface area contributed by atoms with Gasteiger partial charge < -0.3 is 19.9 Å². The summed E-state index contributed by atoms with van der Waals surface area (Å²) in [6, 6.07) is 12.0. The number of para-hydroxylation sites is 1. The van der Waals surface area contributed by atoms with Crippen molar-refractivity contribution in [3.63, 3.8) is 0 Å².